The number of carbonyl (C=O) groups excluding carboxylic acids is 1. The minimum absolute atomic E-state index is 0.281. The fourth-order valence-corrected chi connectivity index (χ4v) is 2.80. The molecule has 0 saturated carbocycles. The molecule has 2 aromatic heterocycles. The Hall–Kier alpha value is -2.12. The molecule has 2 aromatic rings. The van der Waals surface area contributed by atoms with Gasteiger partial charge in [-0.1, -0.05) is 11.6 Å². The number of methoxy groups -OCH3 is 1. The summed E-state index contributed by atoms with van der Waals surface area (Å²) in [6.07, 6.45) is 3.80. The molecule has 1 atom stereocenters. The molecule has 1 saturated heterocycles. The van der Waals surface area contributed by atoms with Crippen LogP contribution in [0.3, 0.4) is 0 Å². The topological polar surface area (TPSA) is 89.1 Å². The summed E-state index contributed by atoms with van der Waals surface area (Å²) in [4.78, 5) is 24.1. The monoisotopic (exact) mass is 336 g/mol. The van der Waals surface area contributed by atoms with E-state index in [4.69, 9.17) is 21.1 Å². The van der Waals surface area contributed by atoms with Crippen LogP contribution in [-0.4, -0.2) is 41.2 Å². The second-order valence-corrected chi connectivity index (χ2v) is 5.88. The highest BCUT2D eigenvalue weighted by molar-refractivity contribution is 6.32. The van der Waals surface area contributed by atoms with E-state index in [1.54, 1.807) is 6.20 Å². The number of nitrogens with zero attached hydrogens (tertiary/aromatic N) is 2. The SMILES string of the molecule is COc1ncc(C(=O)NC2(c3ncc(C)[nH]3)CCOC2)cc1Cl. The highest BCUT2D eigenvalue weighted by Gasteiger charge is 2.41. The van der Waals surface area contributed by atoms with Crippen molar-refractivity contribution in [1.82, 2.24) is 20.3 Å². The summed E-state index contributed by atoms with van der Waals surface area (Å²) >= 11 is 6.03. The second-order valence-electron chi connectivity index (χ2n) is 5.47. The number of H-pyrrole nitrogens is 1. The number of pyridine rings is 1. The van der Waals surface area contributed by atoms with Gasteiger partial charge in [0.15, 0.2) is 0 Å². The quantitative estimate of drug-likeness (QED) is 0.889. The molecular weight excluding hydrogens is 320 g/mol. The van der Waals surface area contributed by atoms with Crippen LogP contribution in [0.2, 0.25) is 5.02 Å². The third-order valence-electron chi connectivity index (χ3n) is 3.79. The van der Waals surface area contributed by atoms with Crippen LogP contribution in [0.5, 0.6) is 5.88 Å². The Bertz CT molecular complexity index is 725. The van der Waals surface area contributed by atoms with Crippen molar-refractivity contribution in [3.63, 3.8) is 0 Å². The Kier molecular flexibility index (Phi) is 4.23. The maximum absolute atomic E-state index is 12.6. The molecule has 2 N–H and O–H groups in total. The average Bonchev–Trinajstić information content (AvgIpc) is 3.17. The number of carbonyl (C=O) groups is 1. The molecule has 3 rings (SSSR count). The first-order valence-electron chi connectivity index (χ1n) is 7.16. The lowest BCUT2D eigenvalue weighted by Gasteiger charge is -2.26. The van der Waals surface area contributed by atoms with Crippen LogP contribution in [0.1, 0.15) is 28.3 Å². The molecule has 0 radical (unpaired) electrons. The summed E-state index contributed by atoms with van der Waals surface area (Å²) in [5.41, 5.74) is 0.609. The molecule has 8 heteroatoms. The summed E-state index contributed by atoms with van der Waals surface area (Å²) < 4.78 is 10.5. The van der Waals surface area contributed by atoms with Gasteiger partial charge >= 0.3 is 0 Å². The van der Waals surface area contributed by atoms with Gasteiger partial charge in [-0.2, -0.15) is 0 Å². The Morgan fingerprint density at radius 2 is 2.30 bits per heavy atom. The van der Waals surface area contributed by atoms with Crippen molar-refractivity contribution in [2.45, 2.75) is 18.9 Å². The molecule has 1 fully saturated rings. The van der Waals surface area contributed by atoms with E-state index in [2.05, 4.69) is 20.3 Å². The van der Waals surface area contributed by atoms with Gasteiger partial charge in [0.05, 0.1) is 19.3 Å². The summed E-state index contributed by atoms with van der Waals surface area (Å²) in [5.74, 6) is 0.679. The average molecular weight is 337 g/mol. The molecule has 1 aliphatic heterocycles. The standard InChI is InChI=1S/C15H17ClN4O3/c1-9-6-18-14(19-9)15(3-4-23-8-15)20-12(21)10-5-11(16)13(22-2)17-7-10/h5-7H,3-4,8H2,1-2H3,(H,18,19)(H,20,21). The van der Waals surface area contributed by atoms with Crippen molar-refractivity contribution in [3.05, 3.63) is 40.6 Å². The number of hydrogen-bond donors (Lipinski definition) is 2. The van der Waals surface area contributed by atoms with E-state index in [0.717, 1.165) is 5.69 Å². The predicted molar refractivity (Wildman–Crippen MR) is 83.7 cm³/mol. The van der Waals surface area contributed by atoms with Gasteiger partial charge in [-0.25, -0.2) is 9.97 Å². The molecule has 122 valence electrons. The molecular formula is C15H17ClN4O3. The van der Waals surface area contributed by atoms with Gasteiger partial charge in [0, 0.05) is 31.1 Å². The molecule has 0 spiro atoms. The van der Waals surface area contributed by atoms with Crippen LogP contribution in [0.25, 0.3) is 0 Å². The Balaban J connectivity index is 1.86. The van der Waals surface area contributed by atoms with Crippen molar-refractivity contribution >= 4 is 17.5 Å². The van der Waals surface area contributed by atoms with Gasteiger partial charge in [-0.05, 0) is 13.0 Å². The Morgan fingerprint density at radius 1 is 1.48 bits per heavy atom. The van der Waals surface area contributed by atoms with E-state index < -0.39 is 5.54 Å². The van der Waals surface area contributed by atoms with Gasteiger partial charge in [0.25, 0.3) is 5.91 Å². The summed E-state index contributed by atoms with van der Waals surface area (Å²) in [5, 5.41) is 3.29. The lowest BCUT2D eigenvalue weighted by molar-refractivity contribution is 0.0869. The lowest BCUT2D eigenvalue weighted by Crippen LogP contribution is -2.47. The van der Waals surface area contributed by atoms with Crippen LogP contribution in [0.4, 0.5) is 0 Å². The number of halogens is 1. The smallest absolute Gasteiger partial charge is 0.253 e. The van der Waals surface area contributed by atoms with Crippen molar-refractivity contribution in [2.75, 3.05) is 20.3 Å². The van der Waals surface area contributed by atoms with E-state index >= 15 is 0 Å². The van der Waals surface area contributed by atoms with Crippen LogP contribution in [0, 0.1) is 6.92 Å². The third kappa shape index (κ3) is 3.02. The maximum atomic E-state index is 12.6. The summed E-state index contributed by atoms with van der Waals surface area (Å²) in [7, 11) is 1.47. The number of ether oxygens (including phenoxy) is 2. The first kappa shape index (κ1) is 15.8. The zero-order chi connectivity index (χ0) is 16.4. The minimum Gasteiger partial charge on any atom is -0.480 e. The fourth-order valence-electron chi connectivity index (χ4n) is 2.55. The van der Waals surface area contributed by atoms with Crippen molar-refractivity contribution in [3.8, 4) is 5.88 Å². The largest absolute Gasteiger partial charge is 0.480 e. The molecule has 1 unspecified atom stereocenters. The molecule has 3 heterocycles. The highest BCUT2D eigenvalue weighted by Crippen LogP contribution is 2.29. The van der Waals surface area contributed by atoms with Crippen LogP contribution in [-0.2, 0) is 10.3 Å². The second kappa shape index (κ2) is 6.17. The minimum atomic E-state index is -0.669. The number of amides is 1. The van der Waals surface area contributed by atoms with Gasteiger partial charge in [0.2, 0.25) is 5.88 Å². The maximum Gasteiger partial charge on any atom is 0.253 e. The van der Waals surface area contributed by atoms with Crippen LogP contribution in [0.15, 0.2) is 18.5 Å². The van der Waals surface area contributed by atoms with Crippen LogP contribution < -0.4 is 10.1 Å². The van der Waals surface area contributed by atoms with E-state index in [1.807, 2.05) is 6.92 Å². The molecule has 0 aliphatic carbocycles. The molecule has 23 heavy (non-hydrogen) atoms. The van der Waals surface area contributed by atoms with Gasteiger partial charge < -0.3 is 19.8 Å². The van der Waals surface area contributed by atoms with Crippen molar-refractivity contribution in [1.29, 1.82) is 0 Å². The van der Waals surface area contributed by atoms with E-state index in [1.165, 1.54) is 19.4 Å². The Morgan fingerprint density at radius 3 is 2.87 bits per heavy atom. The molecule has 0 aromatic carbocycles. The predicted octanol–water partition coefficient (Wildman–Crippen LogP) is 1.82. The zero-order valence-corrected chi connectivity index (χ0v) is 13.6. The first-order chi connectivity index (χ1) is 11.0. The first-order valence-corrected chi connectivity index (χ1v) is 7.54. The number of aryl methyl sites for hydroxylation is 1. The van der Waals surface area contributed by atoms with Crippen molar-refractivity contribution in [2.24, 2.45) is 0 Å². The molecule has 1 aliphatic rings. The van der Waals surface area contributed by atoms with E-state index in [9.17, 15) is 4.79 Å². The van der Waals surface area contributed by atoms with Gasteiger partial charge in [-0.15, -0.1) is 0 Å². The zero-order valence-electron chi connectivity index (χ0n) is 12.9. The van der Waals surface area contributed by atoms with Gasteiger partial charge in [-0.3, -0.25) is 4.79 Å². The number of aromatic nitrogens is 3. The number of nitrogens with one attached hydrogen (secondary N) is 2. The third-order valence-corrected chi connectivity index (χ3v) is 4.06. The number of imidazole rings is 1. The fraction of sp³-hybridized carbons (Fsp3) is 0.400. The van der Waals surface area contributed by atoms with E-state index in [-0.39, 0.29) is 16.8 Å². The molecule has 7 nitrogen and oxygen atoms in total. The molecule has 1 amide bonds. The number of aromatic amines is 1. The van der Waals surface area contributed by atoms with Crippen LogP contribution >= 0.6 is 11.6 Å². The normalized spacial score (nSPS) is 20.5. The highest BCUT2D eigenvalue weighted by atomic mass is 35.5. The summed E-state index contributed by atoms with van der Waals surface area (Å²) in [6, 6.07) is 1.53. The lowest BCUT2D eigenvalue weighted by atomic mass is 9.97. The number of rotatable bonds is 4. The van der Waals surface area contributed by atoms with E-state index in [0.29, 0.717) is 31.0 Å². The number of hydrogen-bond acceptors (Lipinski definition) is 5. The van der Waals surface area contributed by atoms with Crippen molar-refractivity contribution < 1.29 is 14.3 Å². The van der Waals surface area contributed by atoms with Gasteiger partial charge in [0.1, 0.15) is 16.4 Å². The Labute approximate surface area is 138 Å². The molecule has 0 bridgehead atoms. The summed E-state index contributed by atoms with van der Waals surface area (Å²) in [6.45, 7) is 2.83.